The van der Waals surface area contributed by atoms with Gasteiger partial charge in [-0.3, -0.25) is 9.59 Å². The third kappa shape index (κ3) is 13.6. The Morgan fingerprint density at radius 1 is 1.00 bits per heavy atom. The van der Waals surface area contributed by atoms with E-state index in [0.29, 0.717) is 12.3 Å². The number of hydrogen-bond acceptors (Lipinski definition) is 7. The fraction of sp³-hybridized carbons (Fsp3) is 0.738. The minimum Gasteiger partial charge on any atom is -0.457 e. The van der Waals surface area contributed by atoms with Crippen LogP contribution in [0.3, 0.4) is 0 Å². The van der Waals surface area contributed by atoms with Gasteiger partial charge in [0, 0.05) is 23.1 Å². The Morgan fingerprint density at radius 3 is 2.02 bits per heavy atom. The highest BCUT2D eigenvalue weighted by Crippen LogP contribution is 2.43. The van der Waals surface area contributed by atoms with Gasteiger partial charge in [-0.1, -0.05) is 87.8 Å². The Balaban J connectivity index is 3.61. The van der Waals surface area contributed by atoms with Crippen LogP contribution in [0, 0.1) is 30.1 Å². The van der Waals surface area contributed by atoms with Gasteiger partial charge in [-0.15, -0.1) is 24.5 Å². The molecule has 0 saturated carbocycles. The van der Waals surface area contributed by atoms with E-state index in [-0.39, 0.29) is 41.2 Å². The molecule has 6 nitrogen and oxygen atoms in total. The van der Waals surface area contributed by atoms with Crippen LogP contribution in [-0.2, 0) is 23.2 Å². The van der Waals surface area contributed by atoms with Crippen molar-refractivity contribution < 1.29 is 23.2 Å². The predicted octanol–water partition coefficient (Wildman–Crippen LogP) is 12.4. The average molecular weight is 762 g/mol. The molecule has 0 radical (unpaired) electrons. The Labute approximate surface area is 319 Å². The molecule has 0 fully saturated rings. The zero-order valence-corrected chi connectivity index (χ0v) is 38.3. The van der Waals surface area contributed by atoms with Crippen molar-refractivity contribution in [2.75, 3.05) is 0 Å². The second-order valence-corrected chi connectivity index (χ2v) is 27.8. The van der Waals surface area contributed by atoms with Crippen molar-refractivity contribution in [3.63, 3.8) is 0 Å². The molecule has 292 valence electrons. The van der Waals surface area contributed by atoms with Crippen molar-refractivity contribution in [3.8, 4) is 0 Å². The van der Waals surface area contributed by atoms with Gasteiger partial charge >= 0.3 is 5.97 Å². The lowest BCUT2D eigenvalue weighted by Gasteiger charge is -2.46. The topological polar surface area (TPSA) is 74.7 Å². The van der Waals surface area contributed by atoms with Gasteiger partial charge in [-0.2, -0.15) is 0 Å². The standard InChI is InChI=1S/C42H75NO5SSi2/c1-19-23-36(31(8)26-35-28-49-34(11)43-35)46-38(44)27-37(47-50(17,18)41(12,13)14)42(15,16)40(45)33(10)39(48-51(20-2,21-3)22-4)32(9)30(7)25-24-29(5)6/h19,26,28,30,32-33,36-37,39H,1,5,20-25,27H2,2-4,6-18H3/b31-26+/t30-,32+,33-,36+,37+,39+/m1/s1. The van der Waals surface area contributed by atoms with Gasteiger partial charge in [0.2, 0.25) is 0 Å². The lowest BCUT2D eigenvalue weighted by Crippen LogP contribution is -2.54. The number of esters is 1. The molecular weight excluding hydrogens is 687 g/mol. The van der Waals surface area contributed by atoms with Crippen LogP contribution in [0.25, 0.3) is 6.08 Å². The van der Waals surface area contributed by atoms with E-state index in [1.54, 1.807) is 17.4 Å². The Hall–Kier alpha value is -1.66. The predicted molar refractivity (Wildman–Crippen MR) is 224 cm³/mol. The molecule has 0 unspecified atom stereocenters. The van der Waals surface area contributed by atoms with E-state index >= 15 is 4.79 Å². The molecule has 1 rings (SSSR count). The summed E-state index contributed by atoms with van der Waals surface area (Å²) in [5.41, 5.74) is 1.93. The zero-order valence-electron chi connectivity index (χ0n) is 35.5. The van der Waals surface area contributed by atoms with E-state index in [4.69, 9.17) is 13.6 Å². The number of nitrogens with zero attached hydrogens (tertiary/aromatic N) is 1. The van der Waals surface area contributed by atoms with Crippen molar-refractivity contribution in [2.45, 2.75) is 177 Å². The molecule has 0 saturated heterocycles. The molecule has 1 aromatic rings. The van der Waals surface area contributed by atoms with Gasteiger partial charge in [0.05, 0.1) is 29.3 Å². The number of ether oxygens (including phenoxy) is 1. The third-order valence-corrected chi connectivity index (χ3v) is 21.8. The van der Waals surface area contributed by atoms with Crippen LogP contribution in [0.15, 0.2) is 35.8 Å². The van der Waals surface area contributed by atoms with Crippen LogP contribution >= 0.6 is 11.3 Å². The number of Topliss-reactive ketones (excluding diaryl/α,β-unsaturated/α-hetero) is 1. The maximum atomic E-state index is 15.0. The second kappa shape index (κ2) is 20.1. The summed E-state index contributed by atoms with van der Waals surface area (Å²) in [5.74, 6) is -0.184. The molecule has 9 heteroatoms. The Morgan fingerprint density at radius 2 is 1.57 bits per heavy atom. The molecule has 0 spiro atoms. The first-order chi connectivity index (χ1) is 23.4. The average Bonchev–Trinajstić information content (AvgIpc) is 3.46. The highest BCUT2D eigenvalue weighted by molar-refractivity contribution is 7.09. The summed E-state index contributed by atoms with van der Waals surface area (Å²) in [6.07, 6.45) is 4.76. The van der Waals surface area contributed by atoms with Gasteiger partial charge in [0.25, 0.3) is 0 Å². The summed E-state index contributed by atoms with van der Waals surface area (Å²) in [5, 5.41) is 2.86. The molecular formula is C42H75NO5SSi2. The van der Waals surface area contributed by atoms with E-state index in [2.05, 4.69) is 93.5 Å². The molecule has 0 aliphatic heterocycles. The largest absolute Gasteiger partial charge is 0.457 e. The fourth-order valence-electron chi connectivity index (χ4n) is 6.49. The number of carbonyl (C=O) groups excluding carboxylic acids is 2. The van der Waals surface area contributed by atoms with Crippen LogP contribution in [0.4, 0.5) is 0 Å². The number of hydrogen-bond donors (Lipinski definition) is 0. The third-order valence-electron chi connectivity index (χ3n) is 11.9. The summed E-state index contributed by atoms with van der Waals surface area (Å²) >= 11 is 1.58. The zero-order chi connectivity index (χ0) is 39.5. The van der Waals surface area contributed by atoms with E-state index in [9.17, 15) is 4.79 Å². The SMILES string of the molecule is C=CC[C@H](OC(=O)C[C@H](O[Si](C)(C)C(C)(C)C)C(C)(C)C(=O)[C@H](C)[C@@H](O[Si](CC)(CC)CC)[C@@H](C)[C@H](C)CCC(=C)C)/C(C)=C/c1csc(C)n1. The summed E-state index contributed by atoms with van der Waals surface area (Å²) in [6, 6.07) is 3.04. The van der Waals surface area contributed by atoms with E-state index in [1.165, 1.54) is 5.57 Å². The number of allylic oxidation sites excluding steroid dienone is 1. The minimum atomic E-state index is -2.42. The van der Waals surface area contributed by atoms with Crippen molar-refractivity contribution in [2.24, 2.45) is 23.2 Å². The number of aryl methyl sites for hydroxylation is 1. The van der Waals surface area contributed by atoms with Crippen LogP contribution < -0.4 is 0 Å². The smallest absolute Gasteiger partial charge is 0.309 e. The van der Waals surface area contributed by atoms with Crippen molar-refractivity contribution in [1.82, 2.24) is 4.98 Å². The van der Waals surface area contributed by atoms with Crippen LogP contribution in [0.1, 0.15) is 126 Å². The molecule has 1 aromatic heterocycles. The quantitative estimate of drug-likeness (QED) is 0.0628. The van der Waals surface area contributed by atoms with E-state index in [0.717, 1.165) is 47.2 Å². The molecule has 1 heterocycles. The number of rotatable bonds is 23. The van der Waals surface area contributed by atoms with Gasteiger partial charge in [0.15, 0.2) is 16.6 Å². The molecule has 0 aromatic carbocycles. The first-order valence-electron chi connectivity index (χ1n) is 19.4. The first kappa shape index (κ1) is 47.4. The Kier molecular flexibility index (Phi) is 18.7. The first-order valence-corrected chi connectivity index (χ1v) is 25.7. The van der Waals surface area contributed by atoms with Gasteiger partial charge in [0.1, 0.15) is 11.9 Å². The van der Waals surface area contributed by atoms with Gasteiger partial charge < -0.3 is 13.6 Å². The van der Waals surface area contributed by atoms with Crippen LogP contribution in [-0.4, -0.2) is 51.7 Å². The second-order valence-electron chi connectivity index (χ2n) is 17.3. The fourth-order valence-corrected chi connectivity index (χ4v) is 11.5. The maximum Gasteiger partial charge on any atom is 0.309 e. The summed E-state index contributed by atoms with van der Waals surface area (Å²) in [7, 11) is -4.49. The van der Waals surface area contributed by atoms with Gasteiger partial charge in [-0.25, -0.2) is 4.98 Å². The van der Waals surface area contributed by atoms with Crippen LogP contribution in [0.5, 0.6) is 0 Å². The molecule has 0 amide bonds. The molecule has 0 aliphatic rings. The number of ketones is 1. The molecule has 0 N–H and O–H groups in total. The van der Waals surface area contributed by atoms with Crippen molar-refractivity contribution in [3.05, 3.63) is 46.5 Å². The lowest BCUT2D eigenvalue weighted by atomic mass is 9.71. The highest BCUT2D eigenvalue weighted by atomic mass is 32.1. The monoisotopic (exact) mass is 761 g/mol. The van der Waals surface area contributed by atoms with E-state index in [1.807, 2.05) is 46.1 Å². The minimum absolute atomic E-state index is 0.0254. The molecule has 6 atom stereocenters. The number of carbonyl (C=O) groups is 2. The summed E-state index contributed by atoms with van der Waals surface area (Å²) < 4.78 is 20.5. The summed E-state index contributed by atoms with van der Waals surface area (Å²) in [6.45, 7) is 42.2. The normalized spacial score (nSPS) is 16.9. The van der Waals surface area contributed by atoms with Crippen molar-refractivity contribution in [1.29, 1.82) is 0 Å². The van der Waals surface area contributed by atoms with E-state index < -0.39 is 34.3 Å². The molecule has 51 heavy (non-hydrogen) atoms. The van der Waals surface area contributed by atoms with Crippen molar-refractivity contribution >= 4 is 45.8 Å². The summed E-state index contributed by atoms with van der Waals surface area (Å²) in [4.78, 5) is 33.5. The molecule has 0 aliphatic carbocycles. The maximum absolute atomic E-state index is 15.0. The molecule has 0 bridgehead atoms. The number of thiazole rings is 1. The van der Waals surface area contributed by atoms with Crippen LogP contribution in [0.2, 0.25) is 36.3 Å². The Bertz CT molecular complexity index is 1310. The van der Waals surface area contributed by atoms with Gasteiger partial charge in [-0.05, 0) is 93.4 Å². The lowest BCUT2D eigenvalue weighted by molar-refractivity contribution is -0.153. The number of aromatic nitrogens is 1. The highest BCUT2D eigenvalue weighted by Gasteiger charge is 2.50.